The van der Waals surface area contributed by atoms with Crippen LogP contribution in [0.5, 0.6) is 11.5 Å². The van der Waals surface area contributed by atoms with Gasteiger partial charge in [-0.15, -0.1) is 0 Å². The number of rotatable bonds is 12. The van der Waals surface area contributed by atoms with Gasteiger partial charge in [0.2, 0.25) is 0 Å². The Kier molecular flexibility index (Phi) is 10.5. The van der Waals surface area contributed by atoms with Crippen LogP contribution < -0.4 is 20.2 Å². The summed E-state index contributed by atoms with van der Waals surface area (Å²) in [6.45, 7) is 1.09. The molecular weight excluding hydrogens is 533 g/mol. The van der Waals surface area contributed by atoms with Crippen molar-refractivity contribution in [2.45, 2.75) is 25.5 Å². The quantitative estimate of drug-likeness (QED) is 0.227. The molecule has 0 aliphatic carbocycles. The highest BCUT2D eigenvalue weighted by molar-refractivity contribution is 6.35. The molecule has 3 aromatic carbocycles. The van der Waals surface area contributed by atoms with Crippen LogP contribution in [0.3, 0.4) is 0 Å². The largest absolute Gasteiger partial charge is 0.482 e. The van der Waals surface area contributed by atoms with Crippen molar-refractivity contribution in [2.24, 2.45) is 5.10 Å². The molecule has 0 saturated heterocycles. The number of nitrogens with zero attached hydrogens (tertiary/aromatic N) is 1. The highest BCUT2D eigenvalue weighted by Crippen LogP contribution is 2.28. The fraction of sp³-hybridized carbons (Fsp3) is 0.185. The van der Waals surface area contributed by atoms with Crippen LogP contribution in [-0.2, 0) is 20.8 Å². The van der Waals surface area contributed by atoms with E-state index in [-0.39, 0.29) is 17.2 Å². The fourth-order valence-corrected chi connectivity index (χ4v) is 3.66. The highest BCUT2D eigenvalue weighted by Gasteiger charge is 2.25. The Labute approximate surface area is 229 Å². The summed E-state index contributed by atoms with van der Waals surface area (Å²) in [4.78, 5) is 36.4. The standard InChI is InChI=1S/C27H25Cl2N3O6/c1-17(38-24-12-9-20(28)14-22(24)29)26(35)31-23(13-18-5-3-2-4-6-18)27(36)32-30-15-19-7-10-21(11-8-19)37-16-25(33)34/h2-12,14-15,17,23H,13,16H2,1H3,(H,31,35)(H,32,36)(H,33,34)/b30-15-/t17-,23-/m1/s1. The predicted molar refractivity (Wildman–Crippen MR) is 144 cm³/mol. The van der Waals surface area contributed by atoms with Crippen LogP contribution in [0.15, 0.2) is 77.9 Å². The molecule has 11 heteroatoms. The van der Waals surface area contributed by atoms with Gasteiger partial charge in [-0.25, -0.2) is 10.2 Å². The van der Waals surface area contributed by atoms with Crippen LogP contribution >= 0.6 is 23.2 Å². The lowest BCUT2D eigenvalue weighted by Crippen LogP contribution is -2.50. The van der Waals surface area contributed by atoms with Gasteiger partial charge in [-0.2, -0.15) is 5.10 Å². The summed E-state index contributed by atoms with van der Waals surface area (Å²) in [5.41, 5.74) is 3.92. The Morgan fingerprint density at radius 3 is 2.37 bits per heavy atom. The van der Waals surface area contributed by atoms with Crippen LogP contribution in [0.1, 0.15) is 18.1 Å². The van der Waals surface area contributed by atoms with E-state index >= 15 is 0 Å². The zero-order valence-corrected chi connectivity index (χ0v) is 21.8. The summed E-state index contributed by atoms with van der Waals surface area (Å²) in [5.74, 6) is -1.46. The molecule has 38 heavy (non-hydrogen) atoms. The lowest BCUT2D eigenvalue weighted by Gasteiger charge is -2.21. The summed E-state index contributed by atoms with van der Waals surface area (Å²) >= 11 is 12.0. The molecule has 0 radical (unpaired) electrons. The first-order valence-corrected chi connectivity index (χ1v) is 12.2. The second-order valence-electron chi connectivity index (χ2n) is 8.07. The van der Waals surface area contributed by atoms with Crippen molar-refractivity contribution in [3.63, 3.8) is 0 Å². The molecule has 0 unspecified atom stereocenters. The van der Waals surface area contributed by atoms with Crippen molar-refractivity contribution in [3.8, 4) is 11.5 Å². The number of hydrogen-bond acceptors (Lipinski definition) is 6. The minimum atomic E-state index is -1.08. The third kappa shape index (κ3) is 9.10. The molecule has 3 rings (SSSR count). The van der Waals surface area contributed by atoms with Crippen molar-refractivity contribution in [1.29, 1.82) is 0 Å². The molecule has 0 aliphatic rings. The maximum Gasteiger partial charge on any atom is 0.341 e. The third-order valence-corrected chi connectivity index (χ3v) is 5.64. The van der Waals surface area contributed by atoms with Gasteiger partial charge in [0, 0.05) is 11.4 Å². The zero-order valence-electron chi connectivity index (χ0n) is 20.3. The second-order valence-corrected chi connectivity index (χ2v) is 8.92. The monoisotopic (exact) mass is 557 g/mol. The first-order chi connectivity index (χ1) is 18.2. The number of carbonyl (C=O) groups is 3. The van der Waals surface area contributed by atoms with E-state index < -0.39 is 36.5 Å². The normalized spacial score (nSPS) is 12.4. The molecule has 0 fully saturated rings. The third-order valence-electron chi connectivity index (χ3n) is 5.11. The number of hydrogen-bond donors (Lipinski definition) is 3. The molecule has 0 aromatic heterocycles. The number of ether oxygens (including phenoxy) is 2. The lowest BCUT2D eigenvalue weighted by atomic mass is 10.1. The van der Waals surface area contributed by atoms with E-state index in [0.717, 1.165) is 5.56 Å². The molecule has 3 N–H and O–H groups in total. The van der Waals surface area contributed by atoms with Gasteiger partial charge in [0.15, 0.2) is 12.7 Å². The SMILES string of the molecule is C[C@@H](Oc1ccc(Cl)cc1Cl)C(=O)N[C@H](Cc1ccccc1)C(=O)N/N=C\c1ccc(OCC(=O)O)cc1. The summed E-state index contributed by atoms with van der Waals surface area (Å²) in [7, 11) is 0. The van der Waals surface area contributed by atoms with Crippen molar-refractivity contribution >= 4 is 47.2 Å². The first kappa shape index (κ1) is 28.5. The van der Waals surface area contributed by atoms with E-state index in [1.165, 1.54) is 12.3 Å². The Hall–Kier alpha value is -4.08. The molecule has 0 saturated carbocycles. The van der Waals surface area contributed by atoms with Crippen LogP contribution in [0, 0.1) is 0 Å². The van der Waals surface area contributed by atoms with E-state index in [4.69, 9.17) is 37.8 Å². The molecule has 0 bridgehead atoms. The van der Waals surface area contributed by atoms with Crippen molar-refractivity contribution in [2.75, 3.05) is 6.61 Å². The Balaban J connectivity index is 1.64. The molecule has 2 amide bonds. The number of nitrogens with one attached hydrogen (secondary N) is 2. The maximum atomic E-state index is 13.0. The predicted octanol–water partition coefficient (Wildman–Crippen LogP) is 4.10. The van der Waals surface area contributed by atoms with Gasteiger partial charge < -0.3 is 19.9 Å². The van der Waals surface area contributed by atoms with Gasteiger partial charge in [-0.3, -0.25) is 9.59 Å². The number of benzene rings is 3. The first-order valence-electron chi connectivity index (χ1n) is 11.4. The van der Waals surface area contributed by atoms with Gasteiger partial charge in [0.25, 0.3) is 11.8 Å². The molecule has 2 atom stereocenters. The zero-order chi connectivity index (χ0) is 27.5. The lowest BCUT2D eigenvalue weighted by molar-refractivity contribution is -0.139. The van der Waals surface area contributed by atoms with Crippen molar-refractivity contribution in [1.82, 2.24) is 10.7 Å². The van der Waals surface area contributed by atoms with Gasteiger partial charge in [0.05, 0.1) is 11.2 Å². The van der Waals surface area contributed by atoms with Crippen LogP contribution in [0.4, 0.5) is 0 Å². The van der Waals surface area contributed by atoms with Crippen LogP contribution in [0.25, 0.3) is 0 Å². The van der Waals surface area contributed by atoms with Gasteiger partial charge in [-0.05, 0) is 60.5 Å². The number of carboxylic acid groups (broad SMARTS) is 1. The van der Waals surface area contributed by atoms with E-state index in [0.29, 0.717) is 16.3 Å². The molecule has 0 aliphatic heterocycles. The minimum Gasteiger partial charge on any atom is -0.482 e. The van der Waals surface area contributed by atoms with Crippen molar-refractivity contribution < 1.29 is 29.0 Å². The van der Waals surface area contributed by atoms with E-state index in [1.54, 1.807) is 43.3 Å². The molecule has 9 nitrogen and oxygen atoms in total. The minimum absolute atomic E-state index is 0.220. The number of carboxylic acids is 1. The van der Waals surface area contributed by atoms with Gasteiger partial charge in [0.1, 0.15) is 17.5 Å². The Bertz CT molecular complexity index is 1290. The average molecular weight is 558 g/mol. The van der Waals surface area contributed by atoms with E-state index in [1.807, 2.05) is 30.3 Å². The number of carbonyl (C=O) groups excluding carboxylic acids is 2. The molecule has 198 valence electrons. The molecule has 3 aromatic rings. The van der Waals surface area contributed by atoms with E-state index in [2.05, 4.69) is 15.8 Å². The summed E-state index contributed by atoms with van der Waals surface area (Å²) < 4.78 is 10.7. The van der Waals surface area contributed by atoms with Crippen LogP contribution in [-0.4, -0.2) is 47.9 Å². The van der Waals surface area contributed by atoms with Crippen LogP contribution in [0.2, 0.25) is 10.0 Å². The highest BCUT2D eigenvalue weighted by atomic mass is 35.5. The summed E-state index contributed by atoms with van der Waals surface area (Å²) in [5, 5.41) is 16.1. The number of hydrazone groups is 1. The smallest absolute Gasteiger partial charge is 0.341 e. The average Bonchev–Trinajstić information content (AvgIpc) is 2.89. The number of aliphatic carboxylic acids is 1. The van der Waals surface area contributed by atoms with Gasteiger partial charge >= 0.3 is 5.97 Å². The summed E-state index contributed by atoms with van der Waals surface area (Å²) in [6, 6.07) is 19.4. The molecule has 0 heterocycles. The Morgan fingerprint density at radius 2 is 1.71 bits per heavy atom. The van der Waals surface area contributed by atoms with E-state index in [9.17, 15) is 14.4 Å². The second kappa shape index (κ2) is 14.0. The number of halogens is 2. The molecular formula is C27H25Cl2N3O6. The topological polar surface area (TPSA) is 126 Å². The fourth-order valence-electron chi connectivity index (χ4n) is 3.21. The summed E-state index contributed by atoms with van der Waals surface area (Å²) in [6.07, 6.45) is 0.678. The maximum absolute atomic E-state index is 13.0. The van der Waals surface area contributed by atoms with Gasteiger partial charge in [-0.1, -0.05) is 53.5 Å². The molecule has 0 spiro atoms. The van der Waals surface area contributed by atoms with Crippen molar-refractivity contribution in [3.05, 3.63) is 94.0 Å². The Morgan fingerprint density at radius 1 is 1.00 bits per heavy atom. The number of amides is 2.